The van der Waals surface area contributed by atoms with Gasteiger partial charge in [0.15, 0.2) is 23.0 Å². The van der Waals surface area contributed by atoms with Gasteiger partial charge in [-0.15, -0.1) is 0 Å². The molecule has 0 fully saturated rings. The van der Waals surface area contributed by atoms with Gasteiger partial charge in [-0.25, -0.2) is 0 Å². The number of phenols is 1. The van der Waals surface area contributed by atoms with Crippen LogP contribution in [0.1, 0.15) is 11.1 Å². The highest BCUT2D eigenvalue weighted by Gasteiger charge is 2.11. The molecule has 2 aromatic rings. The number of hydrogen-bond acceptors (Lipinski definition) is 5. The van der Waals surface area contributed by atoms with Crippen LogP contribution in [0.25, 0.3) is 0 Å². The lowest BCUT2D eigenvalue weighted by atomic mass is 10.1. The third-order valence-electron chi connectivity index (χ3n) is 3.62. The number of aromatic hydroxyl groups is 1. The number of aliphatic imine (C=N–C) groups is 1. The van der Waals surface area contributed by atoms with Gasteiger partial charge in [0.2, 0.25) is 0 Å². The average molecular weight is 313 g/mol. The number of methoxy groups -OCH3 is 1. The topological polar surface area (TPSA) is 60.3 Å². The summed E-state index contributed by atoms with van der Waals surface area (Å²) in [6, 6.07) is 11.3. The lowest BCUT2D eigenvalue weighted by molar-refractivity contribution is 0.171. The van der Waals surface area contributed by atoms with Gasteiger partial charge in [0, 0.05) is 18.3 Å². The third-order valence-corrected chi connectivity index (χ3v) is 3.62. The Hall–Kier alpha value is -2.69. The quantitative estimate of drug-likeness (QED) is 0.862. The number of rotatable bonds is 5. The molecule has 0 atom stereocenters. The van der Waals surface area contributed by atoms with Crippen LogP contribution in [0.2, 0.25) is 0 Å². The zero-order valence-corrected chi connectivity index (χ0v) is 13.0. The number of para-hydroxylation sites is 1. The second-order valence-corrected chi connectivity index (χ2v) is 5.16. The number of benzene rings is 2. The lowest BCUT2D eigenvalue weighted by Crippen LogP contribution is -2.15. The highest BCUT2D eigenvalue weighted by Crippen LogP contribution is 2.31. The van der Waals surface area contributed by atoms with Gasteiger partial charge < -0.3 is 19.3 Å². The molecule has 0 unspecified atom stereocenters. The van der Waals surface area contributed by atoms with Crippen molar-refractivity contribution in [2.24, 2.45) is 4.99 Å². The molecule has 2 aromatic carbocycles. The SMILES string of the molecule is COc1cccc(C=NCCc2ccc3c(c2)OCCO3)c1O. The van der Waals surface area contributed by atoms with Crippen molar-refractivity contribution in [1.29, 1.82) is 0 Å². The van der Waals surface area contributed by atoms with Crippen LogP contribution in [0.3, 0.4) is 0 Å². The molecule has 0 saturated carbocycles. The number of phenolic OH excluding ortho intramolecular Hbond substituents is 1. The summed E-state index contributed by atoms with van der Waals surface area (Å²) in [5, 5.41) is 9.99. The van der Waals surface area contributed by atoms with Crippen LogP contribution in [0.4, 0.5) is 0 Å². The molecule has 3 rings (SSSR count). The van der Waals surface area contributed by atoms with Crippen LogP contribution >= 0.6 is 0 Å². The van der Waals surface area contributed by atoms with E-state index in [1.807, 2.05) is 24.3 Å². The molecule has 1 aliphatic rings. The van der Waals surface area contributed by atoms with Gasteiger partial charge in [-0.2, -0.15) is 0 Å². The largest absolute Gasteiger partial charge is 0.504 e. The maximum atomic E-state index is 9.99. The van der Waals surface area contributed by atoms with E-state index in [-0.39, 0.29) is 5.75 Å². The fourth-order valence-corrected chi connectivity index (χ4v) is 2.41. The summed E-state index contributed by atoms with van der Waals surface area (Å²) in [7, 11) is 1.53. The molecule has 23 heavy (non-hydrogen) atoms. The Morgan fingerprint density at radius 2 is 2.00 bits per heavy atom. The summed E-state index contributed by atoms with van der Waals surface area (Å²) < 4.78 is 16.1. The summed E-state index contributed by atoms with van der Waals surface area (Å²) in [5.41, 5.74) is 1.78. The van der Waals surface area contributed by atoms with Crippen LogP contribution in [-0.2, 0) is 6.42 Å². The fraction of sp³-hybridized carbons (Fsp3) is 0.278. The minimum absolute atomic E-state index is 0.109. The van der Waals surface area contributed by atoms with Crippen molar-refractivity contribution in [3.05, 3.63) is 47.5 Å². The summed E-state index contributed by atoms with van der Waals surface area (Å²) in [6.45, 7) is 1.81. The molecular formula is C18H19NO4. The standard InChI is InChI=1S/C18H19NO4/c1-21-16-4-2-3-14(18(16)20)12-19-8-7-13-5-6-15-17(11-13)23-10-9-22-15/h2-6,11-12,20H,7-10H2,1H3. The van der Waals surface area contributed by atoms with E-state index in [9.17, 15) is 5.11 Å². The van der Waals surface area contributed by atoms with Crippen LogP contribution in [0.15, 0.2) is 41.4 Å². The molecule has 5 nitrogen and oxygen atoms in total. The van der Waals surface area contributed by atoms with Crippen molar-refractivity contribution in [1.82, 2.24) is 0 Å². The van der Waals surface area contributed by atoms with Gasteiger partial charge in [-0.05, 0) is 36.2 Å². The van der Waals surface area contributed by atoms with Gasteiger partial charge in [0.05, 0.1) is 7.11 Å². The minimum atomic E-state index is 0.109. The summed E-state index contributed by atoms with van der Waals surface area (Å²) in [4.78, 5) is 4.37. The van der Waals surface area contributed by atoms with Crippen molar-refractivity contribution < 1.29 is 19.3 Å². The molecule has 0 bridgehead atoms. The molecule has 1 aliphatic heterocycles. The Kier molecular flexibility index (Phi) is 4.66. The highest BCUT2D eigenvalue weighted by atomic mass is 16.6. The lowest BCUT2D eigenvalue weighted by Gasteiger charge is -2.18. The smallest absolute Gasteiger partial charge is 0.166 e. The van der Waals surface area contributed by atoms with E-state index in [4.69, 9.17) is 14.2 Å². The van der Waals surface area contributed by atoms with E-state index in [1.165, 1.54) is 7.11 Å². The molecule has 0 aliphatic carbocycles. The van der Waals surface area contributed by atoms with Gasteiger partial charge >= 0.3 is 0 Å². The molecule has 120 valence electrons. The van der Waals surface area contributed by atoms with Crippen molar-refractivity contribution in [2.75, 3.05) is 26.9 Å². The first-order valence-corrected chi connectivity index (χ1v) is 7.52. The Morgan fingerprint density at radius 1 is 1.17 bits per heavy atom. The number of fused-ring (bicyclic) bond motifs is 1. The van der Waals surface area contributed by atoms with Gasteiger partial charge in [-0.3, -0.25) is 4.99 Å². The van der Waals surface area contributed by atoms with E-state index in [2.05, 4.69) is 4.99 Å². The predicted molar refractivity (Wildman–Crippen MR) is 88.3 cm³/mol. The average Bonchev–Trinajstić information content (AvgIpc) is 2.60. The fourth-order valence-electron chi connectivity index (χ4n) is 2.41. The Morgan fingerprint density at radius 3 is 2.83 bits per heavy atom. The van der Waals surface area contributed by atoms with Gasteiger partial charge in [-0.1, -0.05) is 12.1 Å². The Balaban J connectivity index is 1.61. The van der Waals surface area contributed by atoms with Crippen molar-refractivity contribution in [3.63, 3.8) is 0 Å². The number of ether oxygens (including phenoxy) is 3. The summed E-state index contributed by atoms with van der Waals surface area (Å²) >= 11 is 0. The Labute approximate surface area is 135 Å². The van der Waals surface area contributed by atoms with E-state index >= 15 is 0 Å². The Bertz CT molecular complexity index is 712. The summed E-state index contributed by atoms with van der Waals surface area (Å²) in [5.74, 6) is 2.15. The first kappa shape index (κ1) is 15.2. The van der Waals surface area contributed by atoms with E-state index < -0.39 is 0 Å². The monoisotopic (exact) mass is 313 g/mol. The maximum absolute atomic E-state index is 9.99. The molecule has 0 aromatic heterocycles. The number of hydrogen-bond donors (Lipinski definition) is 1. The second-order valence-electron chi connectivity index (χ2n) is 5.16. The van der Waals surface area contributed by atoms with Crippen molar-refractivity contribution in [2.45, 2.75) is 6.42 Å². The highest BCUT2D eigenvalue weighted by molar-refractivity contribution is 5.84. The zero-order chi connectivity index (χ0) is 16.1. The molecule has 0 saturated heterocycles. The first-order valence-electron chi connectivity index (χ1n) is 7.52. The molecule has 1 heterocycles. The minimum Gasteiger partial charge on any atom is -0.504 e. The maximum Gasteiger partial charge on any atom is 0.166 e. The van der Waals surface area contributed by atoms with Crippen LogP contribution < -0.4 is 14.2 Å². The molecular weight excluding hydrogens is 294 g/mol. The third kappa shape index (κ3) is 3.56. The van der Waals surface area contributed by atoms with Gasteiger partial charge in [0.25, 0.3) is 0 Å². The molecule has 1 N–H and O–H groups in total. The van der Waals surface area contributed by atoms with Crippen LogP contribution in [0, 0.1) is 0 Å². The van der Waals surface area contributed by atoms with Crippen molar-refractivity contribution >= 4 is 6.21 Å². The molecule has 0 amide bonds. The molecule has 5 heteroatoms. The van der Waals surface area contributed by atoms with E-state index in [0.717, 1.165) is 23.5 Å². The van der Waals surface area contributed by atoms with Crippen LogP contribution in [-0.4, -0.2) is 38.2 Å². The number of nitrogens with zero attached hydrogens (tertiary/aromatic N) is 1. The van der Waals surface area contributed by atoms with Crippen LogP contribution in [0.5, 0.6) is 23.0 Å². The van der Waals surface area contributed by atoms with Crippen molar-refractivity contribution in [3.8, 4) is 23.0 Å². The molecule has 0 radical (unpaired) electrons. The zero-order valence-electron chi connectivity index (χ0n) is 13.0. The van der Waals surface area contributed by atoms with Gasteiger partial charge in [0.1, 0.15) is 13.2 Å². The normalized spacial score (nSPS) is 13.3. The van der Waals surface area contributed by atoms with E-state index in [1.54, 1.807) is 18.3 Å². The summed E-state index contributed by atoms with van der Waals surface area (Å²) in [6.07, 6.45) is 2.45. The first-order chi connectivity index (χ1) is 11.3. The second kappa shape index (κ2) is 7.05. The predicted octanol–water partition coefficient (Wildman–Crippen LogP) is 2.83. The van der Waals surface area contributed by atoms with E-state index in [0.29, 0.717) is 31.1 Å². The molecule has 0 spiro atoms.